The van der Waals surface area contributed by atoms with Crippen molar-refractivity contribution in [3.63, 3.8) is 0 Å². The highest BCUT2D eigenvalue weighted by Crippen LogP contribution is 2.33. The van der Waals surface area contributed by atoms with E-state index in [0.29, 0.717) is 13.0 Å². The third-order valence-electron chi connectivity index (χ3n) is 4.78. The minimum absolute atomic E-state index is 0.0334. The van der Waals surface area contributed by atoms with Gasteiger partial charge in [0, 0.05) is 6.42 Å². The van der Waals surface area contributed by atoms with E-state index >= 15 is 0 Å². The van der Waals surface area contributed by atoms with Crippen LogP contribution in [0.25, 0.3) is 0 Å². The number of nitrogens with zero attached hydrogens (tertiary/aromatic N) is 3. The molecule has 0 aromatic heterocycles. The molecular formula is C21H24FN3O. The largest absolute Gasteiger partial charge is 0.295 e. The molecule has 5 heteroatoms. The smallest absolute Gasteiger partial charge is 0.257 e. The Morgan fingerprint density at radius 2 is 1.77 bits per heavy atom. The number of halogens is 1. The Morgan fingerprint density at radius 3 is 2.38 bits per heavy atom. The lowest BCUT2D eigenvalue weighted by Gasteiger charge is -2.25. The first-order valence-electron chi connectivity index (χ1n) is 9.05. The molecule has 0 saturated heterocycles. The summed E-state index contributed by atoms with van der Waals surface area (Å²) in [6.07, 6.45) is 0.625. The molecule has 1 aliphatic rings. The molecular weight excluding hydrogens is 329 g/mol. The molecule has 2 aromatic rings. The normalized spacial score (nSPS) is 16.8. The fourth-order valence-corrected chi connectivity index (χ4v) is 3.20. The van der Waals surface area contributed by atoms with Gasteiger partial charge in [0.1, 0.15) is 5.82 Å². The van der Waals surface area contributed by atoms with E-state index in [9.17, 15) is 9.18 Å². The Bertz CT molecular complexity index is 770. The predicted molar refractivity (Wildman–Crippen MR) is 101 cm³/mol. The quantitative estimate of drug-likeness (QED) is 0.791. The van der Waals surface area contributed by atoms with Gasteiger partial charge in [0.2, 0.25) is 0 Å². The van der Waals surface area contributed by atoms with E-state index in [4.69, 9.17) is 0 Å². The lowest BCUT2D eigenvalue weighted by molar-refractivity contribution is -0.134. The van der Waals surface area contributed by atoms with Gasteiger partial charge in [0.15, 0.2) is 0 Å². The van der Waals surface area contributed by atoms with Gasteiger partial charge in [-0.3, -0.25) is 9.69 Å². The summed E-state index contributed by atoms with van der Waals surface area (Å²) in [6, 6.07) is 16.0. The van der Waals surface area contributed by atoms with E-state index in [1.165, 1.54) is 12.1 Å². The van der Waals surface area contributed by atoms with E-state index in [1.807, 2.05) is 44.2 Å². The Balaban J connectivity index is 1.89. The summed E-state index contributed by atoms with van der Waals surface area (Å²) >= 11 is 0. The molecule has 0 unspecified atom stereocenters. The number of hydrazone groups is 1. The van der Waals surface area contributed by atoms with Crippen molar-refractivity contribution < 1.29 is 9.18 Å². The Labute approximate surface area is 153 Å². The molecule has 1 aliphatic heterocycles. The number of benzene rings is 2. The van der Waals surface area contributed by atoms with Gasteiger partial charge in [0.25, 0.3) is 5.91 Å². The fourth-order valence-electron chi connectivity index (χ4n) is 3.20. The maximum absolute atomic E-state index is 13.3. The van der Waals surface area contributed by atoms with E-state index < -0.39 is 0 Å². The average Bonchev–Trinajstić information content (AvgIpc) is 3.13. The monoisotopic (exact) mass is 353 g/mol. The minimum Gasteiger partial charge on any atom is -0.295 e. The Hall–Kier alpha value is -2.53. The second kappa shape index (κ2) is 8.23. The number of carbonyl (C=O) groups excluding carboxylic acids is 1. The number of likely N-dealkylation sites (N-methyl/N-ethyl adjacent to an activating group) is 1. The summed E-state index contributed by atoms with van der Waals surface area (Å²) in [5.74, 6) is -0.314. The minimum atomic E-state index is -0.281. The van der Waals surface area contributed by atoms with Crippen LogP contribution in [0.5, 0.6) is 0 Å². The van der Waals surface area contributed by atoms with E-state index in [-0.39, 0.29) is 17.8 Å². The summed E-state index contributed by atoms with van der Waals surface area (Å²) in [7, 11) is 0. The Kier molecular flexibility index (Phi) is 5.78. The third kappa shape index (κ3) is 3.99. The molecule has 1 heterocycles. The van der Waals surface area contributed by atoms with E-state index in [0.717, 1.165) is 29.9 Å². The highest BCUT2D eigenvalue weighted by Gasteiger charge is 2.33. The first-order chi connectivity index (χ1) is 12.6. The lowest BCUT2D eigenvalue weighted by Crippen LogP contribution is -2.38. The predicted octanol–water partition coefficient (Wildman–Crippen LogP) is 3.85. The van der Waals surface area contributed by atoms with Crippen molar-refractivity contribution in [3.05, 3.63) is 71.5 Å². The van der Waals surface area contributed by atoms with Gasteiger partial charge >= 0.3 is 0 Å². The number of hydrogen-bond donors (Lipinski definition) is 0. The zero-order valence-electron chi connectivity index (χ0n) is 15.2. The zero-order chi connectivity index (χ0) is 18.5. The fraction of sp³-hybridized carbons (Fsp3) is 0.333. The van der Waals surface area contributed by atoms with Crippen molar-refractivity contribution in [2.45, 2.75) is 26.3 Å². The highest BCUT2D eigenvalue weighted by molar-refractivity contribution is 6.03. The molecule has 2 aromatic carbocycles. The van der Waals surface area contributed by atoms with Gasteiger partial charge in [-0.25, -0.2) is 9.40 Å². The molecule has 136 valence electrons. The molecule has 1 amide bonds. The van der Waals surface area contributed by atoms with Gasteiger partial charge in [-0.15, -0.1) is 0 Å². The lowest BCUT2D eigenvalue weighted by atomic mass is 9.98. The highest BCUT2D eigenvalue weighted by atomic mass is 19.1. The van der Waals surface area contributed by atoms with Gasteiger partial charge in [-0.2, -0.15) is 5.10 Å². The van der Waals surface area contributed by atoms with Crippen LogP contribution in [0.4, 0.5) is 4.39 Å². The van der Waals surface area contributed by atoms with Crippen molar-refractivity contribution in [2.75, 3.05) is 19.6 Å². The molecule has 0 fully saturated rings. The molecule has 3 rings (SSSR count). The second-order valence-corrected chi connectivity index (χ2v) is 6.38. The van der Waals surface area contributed by atoms with Gasteiger partial charge < -0.3 is 0 Å². The molecule has 4 nitrogen and oxygen atoms in total. The standard InChI is InChI=1S/C21H24FN3O/c1-3-24(4-2)15-21(26)25-20(17-10-12-18(22)13-11-17)14-19(23-25)16-8-6-5-7-9-16/h5-13,20H,3-4,14-15H2,1-2H3/t20-/m1/s1. The van der Waals surface area contributed by atoms with Crippen LogP contribution in [0, 0.1) is 5.82 Å². The molecule has 0 aliphatic carbocycles. The topological polar surface area (TPSA) is 35.9 Å². The summed E-state index contributed by atoms with van der Waals surface area (Å²) in [5, 5.41) is 6.22. The van der Waals surface area contributed by atoms with Crippen LogP contribution >= 0.6 is 0 Å². The SMILES string of the molecule is CCN(CC)CC(=O)N1N=C(c2ccccc2)C[C@@H]1c1ccc(F)cc1. The Morgan fingerprint density at radius 1 is 1.12 bits per heavy atom. The molecule has 0 bridgehead atoms. The van der Waals surface area contributed by atoms with Gasteiger partial charge in [-0.05, 0) is 36.3 Å². The number of carbonyl (C=O) groups is 1. The summed E-state index contributed by atoms with van der Waals surface area (Å²) in [4.78, 5) is 15.0. The first-order valence-corrected chi connectivity index (χ1v) is 9.05. The van der Waals surface area contributed by atoms with Crippen molar-refractivity contribution in [1.82, 2.24) is 9.91 Å². The van der Waals surface area contributed by atoms with Crippen LogP contribution in [0.2, 0.25) is 0 Å². The molecule has 0 radical (unpaired) electrons. The van der Waals surface area contributed by atoms with E-state index in [1.54, 1.807) is 17.1 Å². The van der Waals surface area contributed by atoms with Crippen molar-refractivity contribution in [2.24, 2.45) is 5.10 Å². The number of rotatable bonds is 6. The third-order valence-corrected chi connectivity index (χ3v) is 4.78. The van der Waals surface area contributed by atoms with Crippen molar-refractivity contribution >= 4 is 11.6 Å². The molecule has 1 atom stereocenters. The maximum Gasteiger partial charge on any atom is 0.257 e. The van der Waals surface area contributed by atoms with Gasteiger partial charge in [-0.1, -0.05) is 56.3 Å². The van der Waals surface area contributed by atoms with Gasteiger partial charge in [0.05, 0.1) is 18.3 Å². The van der Waals surface area contributed by atoms with Crippen LogP contribution in [-0.2, 0) is 4.79 Å². The van der Waals surface area contributed by atoms with Crippen molar-refractivity contribution in [1.29, 1.82) is 0 Å². The molecule has 0 spiro atoms. The summed E-state index contributed by atoms with van der Waals surface area (Å²) < 4.78 is 13.3. The van der Waals surface area contributed by atoms with E-state index in [2.05, 4.69) is 10.0 Å². The van der Waals surface area contributed by atoms with Crippen LogP contribution in [-0.4, -0.2) is 41.2 Å². The summed E-state index contributed by atoms with van der Waals surface area (Å²) in [5.41, 5.74) is 2.79. The van der Waals surface area contributed by atoms with Crippen molar-refractivity contribution in [3.8, 4) is 0 Å². The summed E-state index contributed by atoms with van der Waals surface area (Å²) in [6.45, 7) is 6.03. The number of hydrogen-bond acceptors (Lipinski definition) is 3. The van der Waals surface area contributed by atoms with Crippen LogP contribution in [0.15, 0.2) is 59.7 Å². The van der Waals surface area contributed by atoms with Crippen LogP contribution in [0.1, 0.15) is 37.4 Å². The maximum atomic E-state index is 13.3. The average molecular weight is 353 g/mol. The van der Waals surface area contributed by atoms with Crippen LogP contribution in [0.3, 0.4) is 0 Å². The number of amides is 1. The molecule has 26 heavy (non-hydrogen) atoms. The first kappa shape index (κ1) is 18.3. The molecule has 0 saturated carbocycles. The zero-order valence-corrected chi connectivity index (χ0v) is 15.2. The second-order valence-electron chi connectivity index (χ2n) is 6.38. The van der Waals surface area contributed by atoms with Crippen LogP contribution < -0.4 is 0 Å². The molecule has 0 N–H and O–H groups in total.